The molecule has 0 aromatic heterocycles. The number of carbonyl (C=O) groups is 3. The minimum absolute atomic E-state index is 0.240. The normalized spacial score (nSPS) is 11.7. The van der Waals surface area contributed by atoms with E-state index in [9.17, 15) is 14.4 Å². The summed E-state index contributed by atoms with van der Waals surface area (Å²) in [5.74, 6) is -2.77. The van der Waals surface area contributed by atoms with E-state index in [0.717, 1.165) is 0 Å². The zero-order chi connectivity index (χ0) is 14.6. The fourth-order valence-corrected chi connectivity index (χ4v) is 2.06. The third kappa shape index (κ3) is 4.67. The fourth-order valence-electron chi connectivity index (χ4n) is 1.31. The summed E-state index contributed by atoms with van der Waals surface area (Å²) >= 11 is 7.69. The number of carbonyl (C=O) groups excluding carboxylic acids is 2. The van der Waals surface area contributed by atoms with E-state index in [0.29, 0.717) is 8.59 Å². The summed E-state index contributed by atoms with van der Waals surface area (Å²) in [5.41, 5.74) is 5.16. The molecule has 1 aromatic rings. The zero-order valence-electron chi connectivity index (χ0n) is 9.52. The molecule has 0 spiro atoms. The van der Waals surface area contributed by atoms with Gasteiger partial charge in [-0.15, -0.1) is 0 Å². The molecule has 0 bridgehead atoms. The lowest BCUT2D eigenvalue weighted by molar-refractivity contribution is -0.140. The average Bonchev–Trinajstić information content (AvgIpc) is 2.30. The molecule has 0 fully saturated rings. The number of nitrogens with two attached hydrogens (primary N) is 1. The van der Waals surface area contributed by atoms with Gasteiger partial charge in [0.05, 0.1) is 12.0 Å². The number of carboxylic acid groups (broad SMARTS) is 1. The quantitative estimate of drug-likeness (QED) is 0.645. The number of hydrogen-bond acceptors (Lipinski definition) is 3. The van der Waals surface area contributed by atoms with Crippen LogP contribution in [0.2, 0.25) is 5.02 Å². The van der Waals surface area contributed by atoms with Gasteiger partial charge in [-0.3, -0.25) is 9.59 Å². The molecule has 19 heavy (non-hydrogen) atoms. The van der Waals surface area contributed by atoms with E-state index in [2.05, 4.69) is 5.32 Å². The Hall–Kier alpha value is -1.35. The van der Waals surface area contributed by atoms with Gasteiger partial charge in [-0.2, -0.15) is 0 Å². The van der Waals surface area contributed by atoms with Gasteiger partial charge < -0.3 is 16.2 Å². The van der Waals surface area contributed by atoms with Gasteiger partial charge in [-0.05, 0) is 40.8 Å². The predicted octanol–water partition coefficient (Wildman–Crippen LogP) is 1.00. The van der Waals surface area contributed by atoms with Crippen LogP contribution < -0.4 is 11.1 Å². The highest BCUT2D eigenvalue weighted by Gasteiger charge is 2.23. The van der Waals surface area contributed by atoms with Crippen LogP contribution in [0.3, 0.4) is 0 Å². The van der Waals surface area contributed by atoms with Crippen molar-refractivity contribution in [1.29, 1.82) is 0 Å². The maximum Gasteiger partial charge on any atom is 0.326 e. The van der Waals surface area contributed by atoms with Crippen LogP contribution in [0.5, 0.6) is 0 Å². The van der Waals surface area contributed by atoms with Crippen LogP contribution in [0.4, 0.5) is 0 Å². The fraction of sp³-hybridized carbons (Fsp3) is 0.182. The Balaban J connectivity index is 2.90. The SMILES string of the molecule is NC(=O)CC(NC(=O)c1cc(Cl)ccc1I)C(=O)O. The average molecular weight is 397 g/mol. The molecule has 0 aliphatic rings. The molecule has 1 rings (SSSR count). The van der Waals surface area contributed by atoms with Crippen LogP contribution in [0, 0.1) is 3.57 Å². The van der Waals surface area contributed by atoms with Crippen molar-refractivity contribution in [2.75, 3.05) is 0 Å². The third-order valence-electron chi connectivity index (χ3n) is 2.18. The van der Waals surface area contributed by atoms with E-state index in [1.807, 2.05) is 22.6 Å². The molecule has 0 saturated carbocycles. The summed E-state index contributed by atoms with van der Waals surface area (Å²) in [6.45, 7) is 0. The lowest BCUT2D eigenvalue weighted by Crippen LogP contribution is -2.43. The number of rotatable bonds is 5. The summed E-state index contributed by atoms with van der Waals surface area (Å²) < 4.78 is 0.614. The van der Waals surface area contributed by atoms with Gasteiger partial charge in [0, 0.05) is 8.59 Å². The minimum atomic E-state index is -1.36. The van der Waals surface area contributed by atoms with E-state index in [1.165, 1.54) is 6.07 Å². The molecule has 1 unspecified atom stereocenters. The first-order valence-corrected chi connectivity index (χ1v) is 6.54. The number of benzene rings is 1. The number of carboxylic acids is 1. The number of amides is 2. The molecule has 0 radical (unpaired) electrons. The smallest absolute Gasteiger partial charge is 0.326 e. The van der Waals surface area contributed by atoms with Gasteiger partial charge in [0.2, 0.25) is 5.91 Å². The topological polar surface area (TPSA) is 109 Å². The highest BCUT2D eigenvalue weighted by molar-refractivity contribution is 14.1. The van der Waals surface area contributed by atoms with Crippen LogP contribution in [0.15, 0.2) is 18.2 Å². The van der Waals surface area contributed by atoms with Crippen molar-refractivity contribution in [2.24, 2.45) is 5.73 Å². The van der Waals surface area contributed by atoms with Gasteiger partial charge in [0.1, 0.15) is 6.04 Å². The summed E-state index contributed by atoms with van der Waals surface area (Å²) in [6, 6.07) is 3.29. The van der Waals surface area contributed by atoms with E-state index < -0.39 is 30.2 Å². The molecule has 102 valence electrons. The highest BCUT2D eigenvalue weighted by atomic mass is 127. The molecule has 0 aliphatic heterocycles. The Morgan fingerprint density at radius 2 is 2.05 bits per heavy atom. The summed E-state index contributed by atoms with van der Waals surface area (Å²) in [6.07, 6.45) is -0.474. The molecule has 2 amide bonds. The van der Waals surface area contributed by atoms with Gasteiger partial charge in [0.25, 0.3) is 5.91 Å². The molecule has 1 aromatic carbocycles. The van der Waals surface area contributed by atoms with Gasteiger partial charge >= 0.3 is 5.97 Å². The Bertz CT molecular complexity index is 535. The van der Waals surface area contributed by atoms with Crippen molar-refractivity contribution in [1.82, 2.24) is 5.32 Å². The monoisotopic (exact) mass is 396 g/mol. The molecule has 4 N–H and O–H groups in total. The van der Waals surface area contributed by atoms with Gasteiger partial charge in [0.15, 0.2) is 0 Å². The van der Waals surface area contributed by atoms with Crippen LogP contribution in [-0.2, 0) is 9.59 Å². The van der Waals surface area contributed by atoms with Crippen molar-refractivity contribution in [2.45, 2.75) is 12.5 Å². The molecular formula is C11H10ClIN2O4. The van der Waals surface area contributed by atoms with Crippen molar-refractivity contribution < 1.29 is 19.5 Å². The van der Waals surface area contributed by atoms with Crippen molar-refractivity contribution in [3.05, 3.63) is 32.4 Å². The van der Waals surface area contributed by atoms with Gasteiger partial charge in [-0.1, -0.05) is 11.6 Å². The molecular weight excluding hydrogens is 386 g/mol. The third-order valence-corrected chi connectivity index (χ3v) is 3.36. The predicted molar refractivity (Wildman–Crippen MR) is 76.9 cm³/mol. The Morgan fingerprint density at radius 3 is 2.58 bits per heavy atom. The molecule has 6 nitrogen and oxygen atoms in total. The lowest BCUT2D eigenvalue weighted by Gasteiger charge is -2.13. The van der Waals surface area contributed by atoms with E-state index in [1.54, 1.807) is 12.1 Å². The Labute approximate surface area is 127 Å². The molecule has 0 saturated heterocycles. The van der Waals surface area contributed by atoms with Crippen molar-refractivity contribution in [3.8, 4) is 0 Å². The molecule has 0 heterocycles. The minimum Gasteiger partial charge on any atom is -0.480 e. The summed E-state index contributed by atoms with van der Waals surface area (Å²) in [7, 11) is 0. The second-order valence-electron chi connectivity index (χ2n) is 3.66. The molecule has 1 atom stereocenters. The van der Waals surface area contributed by atoms with E-state index in [-0.39, 0.29) is 5.56 Å². The standard InChI is InChI=1S/C11H10ClIN2O4/c12-5-1-2-7(13)6(3-5)10(17)15-8(11(18)19)4-9(14)16/h1-3,8H,4H2,(H2,14,16)(H,15,17)(H,18,19). The second kappa shape index (κ2) is 6.71. The number of aliphatic carboxylic acids is 1. The largest absolute Gasteiger partial charge is 0.480 e. The number of hydrogen-bond donors (Lipinski definition) is 3. The number of nitrogens with one attached hydrogen (secondary N) is 1. The van der Waals surface area contributed by atoms with Crippen LogP contribution in [0.25, 0.3) is 0 Å². The Morgan fingerprint density at radius 1 is 1.42 bits per heavy atom. The number of primary amides is 1. The van der Waals surface area contributed by atoms with Crippen LogP contribution >= 0.6 is 34.2 Å². The van der Waals surface area contributed by atoms with Crippen molar-refractivity contribution >= 4 is 52.0 Å². The zero-order valence-corrected chi connectivity index (χ0v) is 12.4. The van der Waals surface area contributed by atoms with E-state index >= 15 is 0 Å². The first-order valence-electron chi connectivity index (χ1n) is 5.08. The van der Waals surface area contributed by atoms with Crippen LogP contribution in [-0.4, -0.2) is 28.9 Å². The number of halogens is 2. The summed E-state index contributed by atoms with van der Waals surface area (Å²) in [4.78, 5) is 33.6. The lowest BCUT2D eigenvalue weighted by atomic mass is 10.1. The first-order chi connectivity index (χ1) is 8.81. The second-order valence-corrected chi connectivity index (χ2v) is 5.26. The molecule has 0 aliphatic carbocycles. The van der Waals surface area contributed by atoms with E-state index in [4.69, 9.17) is 22.4 Å². The Kier molecular flexibility index (Phi) is 5.55. The van der Waals surface area contributed by atoms with Gasteiger partial charge in [-0.25, -0.2) is 4.79 Å². The van der Waals surface area contributed by atoms with Crippen LogP contribution in [0.1, 0.15) is 16.8 Å². The maximum atomic E-state index is 11.9. The maximum absolute atomic E-state index is 11.9. The summed E-state index contributed by atoms with van der Waals surface area (Å²) in [5, 5.41) is 11.5. The molecule has 8 heteroatoms. The highest BCUT2D eigenvalue weighted by Crippen LogP contribution is 2.18. The van der Waals surface area contributed by atoms with Crippen molar-refractivity contribution in [3.63, 3.8) is 0 Å². The first kappa shape index (κ1) is 15.7.